The third kappa shape index (κ3) is 2.53. The molecule has 0 bridgehead atoms. The van der Waals surface area contributed by atoms with Crippen molar-refractivity contribution in [3.8, 4) is 10.4 Å². The van der Waals surface area contributed by atoms with Gasteiger partial charge in [-0.25, -0.2) is 4.98 Å². The molecule has 0 aliphatic heterocycles. The molecular weight excluding hydrogens is 254 g/mol. The Balaban J connectivity index is 1.84. The normalized spacial score (nSPS) is 10.6. The SMILES string of the molecule is Cn1ccnc1CNc1ccccc1-c1cccs1. The molecule has 0 saturated carbocycles. The van der Waals surface area contributed by atoms with Gasteiger partial charge in [0.25, 0.3) is 0 Å². The number of imidazole rings is 1. The van der Waals surface area contributed by atoms with Crippen LogP contribution in [0, 0.1) is 0 Å². The molecule has 0 radical (unpaired) electrons. The average molecular weight is 269 g/mol. The Labute approximate surface area is 116 Å². The smallest absolute Gasteiger partial charge is 0.127 e. The van der Waals surface area contributed by atoms with E-state index in [2.05, 4.69) is 52.1 Å². The number of anilines is 1. The number of thiophene rings is 1. The summed E-state index contributed by atoms with van der Waals surface area (Å²) in [4.78, 5) is 5.61. The molecule has 1 N–H and O–H groups in total. The fourth-order valence-electron chi connectivity index (χ4n) is 2.03. The van der Waals surface area contributed by atoms with E-state index in [1.807, 2.05) is 24.0 Å². The Morgan fingerprint density at radius 1 is 1.21 bits per heavy atom. The summed E-state index contributed by atoms with van der Waals surface area (Å²) in [6, 6.07) is 12.6. The standard InChI is InChI=1S/C15H15N3S/c1-18-9-8-16-15(18)11-17-13-6-3-2-5-12(13)14-7-4-10-19-14/h2-10,17H,11H2,1H3. The lowest BCUT2D eigenvalue weighted by Crippen LogP contribution is -2.06. The zero-order chi connectivity index (χ0) is 13.1. The van der Waals surface area contributed by atoms with Crippen LogP contribution in [-0.4, -0.2) is 9.55 Å². The minimum atomic E-state index is 0.728. The van der Waals surface area contributed by atoms with Crippen molar-refractivity contribution in [1.82, 2.24) is 9.55 Å². The van der Waals surface area contributed by atoms with E-state index >= 15 is 0 Å². The van der Waals surface area contributed by atoms with Crippen molar-refractivity contribution < 1.29 is 0 Å². The predicted molar refractivity (Wildman–Crippen MR) is 80.3 cm³/mol. The molecule has 2 heterocycles. The Bertz CT molecular complexity index is 656. The zero-order valence-corrected chi connectivity index (χ0v) is 11.5. The maximum Gasteiger partial charge on any atom is 0.127 e. The van der Waals surface area contributed by atoms with Gasteiger partial charge in [-0.15, -0.1) is 11.3 Å². The lowest BCUT2D eigenvalue weighted by Gasteiger charge is -2.10. The van der Waals surface area contributed by atoms with Crippen molar-refractivity contribution in [2.75, 3.05) is 5.32 Å². The summed E-state index contributed by atoms with van der Waals surface area (Å²) in [6.45, 7) is 0.728. The number of aromatic nitrogens is 2. The highest BCUT2D eigenvalue weighted by Gasteiger charge is 2.06. The second-order valence-electron chi connectivity index (χ2n) is 4.33. The van der Waals surface area contributed by atoms with Crippen LogP contribution in [0.4, 0.5) is 5.69 Å². The van der Waals surface area contributed by atoms with E-state index in [4.69, 9.17) is 0 Å². The molecule has 0 saturated heterocycles. The highest BCUT2D eigenvalue weighted by atomic mass is 32.1. The lowest BCUT2D eigenvalue weighted by molar-refractivity contribution is 0.813. The molecule has 0 amide bonds. The first-order chi connectivity index (χ1) is 9.34. The monoisotopic (exact) mass is 269 g/mol. The molecule has 19 heavy (non-hydrogen) atoms. The first-order valence-electron chi connectivity index (χ1n) is 6.17. The summed E-state index contributed by atoms with van der Waals surface area (Å²) in [6.07, 6.45) is 3.78. The van der Waals surface area contributed by atoms with Gasteiger partial charge in [0.15, 0.2) is 0 Å². The van der Waals surface area contributed by atoms with Crippen molar-refractivity contribution in [3.05, 3.63) is 60.0 Å². The van der Waals surface area contributed by atoms with Crippen LogP contribution in [0.15, 0.2) is 54.2 Å². The molecule has 0 aliphatic rings. The molecule has 0 fully saturated rings. The fourth-order valence-corrected chi connectivity index (χ4v) is 2.79. The van der Waals surface area contributed by atoms with Crippen molar-refractivity contribution in [2.45, 2.75) is 6.54 Å². The van der Waals surface area contributed by atoms with E-state index in [0.29, 0.717) is 0 Å². The number of hydrogen-bond acceptors (Lipinski definition) is 3. The van der Waals surface area contributed by atoms with Crippen LogP contribution in [-0.2, 0) is 13.6 Å². The minimum Gasteiger partial charge on any atom is -0.377 e. The van der Waals surface area contributed by atoms with Gasteiger partial charge < -0.3 is 9.88 Å². The van der Waals surface area contributed by atoms with E-state index in [-0.39, 0.29) is 0 Å². The van der Waals surface area contributed by atoms with Crippen molar-refractivity contribution in [3.63, 3.8) is 0 Å². The first-order valence-corrected chi connectivity index (χ1v) is 7.05. The van der Waals surface area contributed by atoms with Gasteiger partial charge in [0, 0.05) is 35.6 Å². The topological polar surface area (TPSA) is 29.9 Å². The highest BCUT2D eigenvalue weighted by Crippen LogP contribution is 2.31. The Kier molecular flexibility index (Phi) is 3.33. The van der Waals surface area contributed by atoms with Gasteiger partial charge in [0.1, 0.15) is 5.82 Å². The minimum absolute atomic E-state index is 0.728. The van der Waals surface area contributed by atoms with Crippen LogP contribution >= 0.6 is 11.3 Å². The molecule has 2 aromatic heterocycles. The van der Waals surface area contributed by atoms with Gasteiger partial charge in [-0.2, -0.15) is 0 Å². The van der Waals surface area contributed by atoms with Gasteiger partial charge in [-0.3, -0.25) is 0 Å². The quantitative estimate of drug-likeness (QED) is 0.781. The third-order valence-corrected chi connectivity index (χ3v) is 3.97. The summed E-state index contributed by atoms with van der Waals surface area (Å²) >= 11 is 1.76. The van der Waals surface area contributed by atoms with Crippen LogP contribution < -0.4 is 5.32 Å². The van der Waals surface area contributed by atoms with E-state index in [9.17, 15) is 0 Å². The Morgan fingerprint density at radius 2 is 2.11 bits per heavy atom. The molecule has 0 atom stereocenters. The molecule has 1 aromatic carbocycles. The fraction of sp³-hybridized carbons (Fsp3) is 0.133. The molecule has 3 nitrogen and oxygen atoms in total. The van der Waals surface area contributed by atoms with E-state index < -0.39 is 0 Å². The van der Waals surface area contributed by atoms with Crippen LogP contribution in [0.5, 0.6) is 0 Å². The number of nitrogens with one attached hydrogen (secondary N) is 1. The molecule has 0 spiro atoms. The maximum atomic E-state index is 4.33. The molecule has 3 aromatic rings. The van der Waals surface area contributed by atoms with Gasteiger partial charge in [-0.1, -0.05) is 24.3 Å². The number of benzene rings is 1. The summed E-state index contributed by atoms with van der Waals surface area (Å²) in [5, 5.41) is 5.57. The lowest BCUT2D eigenvalue weighted by atomic mass is 10.1. The highest BCUT2D eigenvalue weighted by molar-refractivity contribution is 7.13. The summed E-state index contributed by atoms with van der Waals surface area (Å²) in [5.41, 5.74) is 2.39. The number of hydrogen-bond donors (Lipinski definition) is 1. The van der Waals surface area contributed by atoms with Crippen molar-refractivity contribution >= 4 is 17.0 Å². The molecule has 0 aliphatic carbocycles. The van der Waals surface area contributed by atoms with Gasteiger partial charge >= 0.3 is 0 Å². The molecule has 96 valence electrons. The van der Waals surface area contributed by atoms with E-state index in [0.717, 1.165) is 18.1 Å². The molecule has 3 rings (SSSR count). The number of aryl methyl sites for hydroxylation is 1. The van der Waals surface area contributed by atoms with Crippen molar-refractivity contribution in [2.24, 2.45) is 7.05 Å². The van der Waals surface area contributed by atoms with Crippen molar-refractivity contribution in [1.29, 1.82) is 0 Å². The number of para-hydroxylation sites is 1. The Hall–Kier alpha value is -2.07. The number of rotatable bonds is 4. The third-order valence-electron chi connectivity index (χ3n) is 3.07. The molecule has 0 unspecified atom stereocenters. The predicted octanol–water partition coefficient (Wildman–Crippen LogP) is 3.76. The van der Waals surface area contributed by atoms with Gasteiger partial charge in [-0.05, 0) is 17.5 Å². The second-order valence-corrected chi connectivity index (χ2v) is 5.28. The van der Waals surface area contributed by atoms with Gasteiger partial charge in [0.05, 0.1) is 6.54 Å². The molecular formula is C15H15N3S. The number of nitrogens with zero attached hydrogens (tertiary/aromatic N) is 2. The average Bonchev–Trinajstić information content (AvgIpc) is 3.08. The second kappa shape index (κ2) is 5.28. The van der Waals surface area contributed by atoms with E-state index in [1.165, 1.54) is 10.4 Å². The first kappa shape index (κ1) is 12.0. The maximum absolute atomic E-state index is 4.33. The zero-order valence-electron chi connectivity index (χ0n) is 10.7. The molecule has 4 heteroatoms. The van der Waals surface area contributed by atoms with Crippen LogP contribution in [0.25, 0.3) is 10.4 Å². The van der Waals surface area contributed by atoms with Crippen LogP contribution in [0.3, 0.4) is 0 Å². The Morgan fingerprint density at radius 3 is 2.84 bits per heavy atom. The van der Waals surface area contributed by atoms with Crippen LogP contribution in [0.1, 0.15) is 5.82 Å². The summed E-state index contributed by atoms with van der Waals surface area (Å²) in [7, 11) is 2.01. The summed E-state index contributed by atoms with van der Waals surface area (Å²) < 4.78 is 2.03. The van der Waals surface area contributed by atoms with Crippen LogP contribution in [0.2, 0.25) is 0 Å². The summed E-state index contributed by atoms with van der Waals surface area (Å²) in [5.74, 6) is 1.03. The van der Waals surface area contributed by atoms with Gasteiger partial charge in [0.2, 0.25) is 0 Å². The van der Waals surface area contributed by atoms with E-state index in [1.54, 1.807) is 11.3 Å². The largest absolute Gasteiger partial charge is 0.377 e.